The molecule has 1 aliphatic rings. The molecule has 5 aromatic carbocycles. The Balaban J connectivity index is 1.63. The first-order chi connectivity index (χ1) is 18.5. The summed E-state index contributed by atoms with van der Waals surface area (Å²) in [6.45, 7) is 11.1. The van der Waals surface area contributed by atoms with Crippen molar-refractivity contribution in [1.82, 2.24) is 0 Å². The first-order valence-corrected chi connectivity index (χ1v) is 14.0. The zero-order valence-corrected chi connectivity index (χ0v) is 23.4. The molecule has 0 unspecified atom stereocenters. The summed E-state index contributed by atoms with van der Waals surface area (Å²) in [5.74, 6) is 0. The standard InChI is InChI=1S/C35H32N2S/c1-23-13-6-7-17-28(23)36(34-24(2)14-10-15-25(34)3)29-19-12-20-30(27(29)5)37-31-18-8-9-21-32(31)38-33-22-11-16-26(4)35(33)37/h6-22H,1-5H3. The van der Waals surface area contributed by atoms with Crippen LogP contribution < -0.4 is 9.80 Å². The molecule has 0 atom stereocenters. The highest BCUT2D eigenvalue weighted by Crippen LogP contribution is 2.54. The van der Waals surface area contributed by atoms with Crippen molar-refractivity contribution >= 4 is 45.9 Å². The molecule has 38 heavy (non-hydrogen) atoms. The van der Waals surface area contributed by atoms with E-state index in [1.165, 1.54) is 71.7 Å². The van der Waals surface area contributed by atoms with E-state index >= 15 is 0 Å². The first kappa shape index (κ1) is 24.4. The second-order valence-corrected chi connectivity index (χ2v) is 11.2. The summed E-state index contributed by atoms with van der Waals surface area (Å²) >= 11 is 1.86. The van der Waals surface area contributed by atoms with Crippen LogP contribution in [-0.4, -0.2) is 0 Å². The average Bonchev–Trinajstić information content (AvgIpc) is 2.91. The zero-order chi connectivity index (χ0) is 26.4. The predicted molar refractivity (Wildman–Crippen MR) is 164 cm³/mol. The molecule has 188 valence electrons. The van der Waals surface area contributed by atoms with E-state index in [-0.39, 0.29) is 0 Å². The van der Waals surface area contributed by atoms with E-state index in [1.54, 1.807) is 0 Å². The van der Waals surface area contributed by atoms with Crippen molar-refractivity contribution in [3.05, 3.63) is 131 Å². The number of aryl methyl sites for hydroxylation is 4. The topological polar surface area (TPSA) is 6.48 Å². The van der Waals surface area contributed by atoms with E-state index in [4.69, 9.17) is 0 Å². The second kappa shape index (κ2) is 9.74. The summed E-state index contributed by atoms with van der Waals surface area (Å²) in [6.07, 6.45) is 0. The molecule has 0 saturated carbocycles. The number of rotatable bonds is 4. The van der Waals surface area contributed by atoms with E-state index < -0.39 is 0 Å². The average molecular weight is 513 g/mol. The fourth-order valence-electron chi connectivity index (χ4n) is 5.66. The van der Waals surface area contributed by atoms with Crippen molar-refractivity contribution in [3.8, 4) is 0 Å². The maximum atomic E-state index is 2.47. The van der Waals surface area contributed by atoms with E-state index in [2.05, 4.69) is 148 Å². The van der Waals surface area contributed by atoms with Crippen molar-refractivity contribution in [2.75, 3.05) is 9.80 Å². The maximum Gasteiger partial charge on any atom is 0.0630 e. The van der Waals surface area contributed by atoms with Gasteiger partial charge in [-0.15, -0.1) is 0 Å². The Kier molecular flexibility index (Phi) is 6.25. The Morgan fingerprint density at radius 2 is 1.05 bits per heavy atom. The predicted octanol–water partition coefficient (Wildman–Crippen LogP) is 10.6. The lowest BCUT2D eigenvalue weighted by molar-refractivity contribution is 1.12. The van der Waals surface area contributed by atoms with Crippen LogP contribution in [0.5, 0.6) is 0 Å². The molecule has 5 aromatic rings. The maximum absolute atomic E-state index is 2.47. The molecule has 3 heteroatoms. The van der Waals surface area contributed by atoms with Gasteiger partial charge < -0.3 is 9.80 Å². The van der Waals surface area contributed by atoms with Gasteiger partial charge >= 0.3 is 0 Å². The fraction of sp³-hybridized carbons (Fsp3) is 0.143. The Bertz CT molecular complexity index is 1650. The minimum atomic E-state index is 1.19. The van der Waals surface area contributed by atoms with Gasteiger partial charge in [0.15, 0.2) is 0 Å². The van der Waals surface area contributed by atoms with Gasteiger partial charge in [-0.2, -0.15) is 0 Å². The van der Waals surface area contributed by atoms with Gasteiger partial charge in [0, 0.05) is 15.5 Å². The van der Waals surface area contributed by atoms with Crippen molar-refractivity contribution in [1.29, 1.82) is 0 Å². The highest BCUT2D eigenvalue weighted by Gasteiger charge is 2.29. The molecule has 1 heterocycles. The van der Waals surface area contributed by atoms with Crippen LogP contribution in [0.1, 0.15) is 27.8 Å². The lowest BCUT2D eigenvalue weighted by Gasteiger charge is -2.37. The Morgan fingerprint density at radius 1 is 0.500 bits per heavy atom. The lowest BCUT2D eigenvalue weighted by Crippen LogP contribution is -2.19. The molecule has 0 aromatic heterocycles. The van der Waals surface area contributed by atoms with Crippen molar-refractivity contribution in [2.24, 2.45) is 0 Å². The summed E-state index contributed by atoms with van der Waals surface area (Å²) in [6, 6.07) is 37.4. The minimum absolute atomic E-state index is 1.19. The van der Waals surface area contributed by atoms with Crippen molar-refractivity contribution < 1.29 is 0 Å². The monoisotopic (exact) mass is 512 g/mol. The molecule has 0 spiro atoms. The summed E-state index contributed by atoms with van der Waals surface area (Å²) in [4.78, 5) is 7.50. The fourth-order valence-corrected chi connectivity index (χ4v) is 6.80. The number of hydrogen-bond acceptors (Lipinski definition) is 3. The zero-order valence-electron chi connectivity index (χ0n) is 22.6. The van der Waals surface area contributed by atoms with Crippen LogP contribution in [-0.2, 0) is 0 Å². The van der Waals surface area contributed by atoms with Crippen LogP contribution >= 0.6 is 11.8 Å². The molecule has 1 aliphatic heterocycles. The van der Waals surface area contributed by atoms with Crippen molar-refractivity contribution in [3.63, 3.8) is 0 Å². The number of benzene rings is 5. The van der Waals surface area contributed by atoms with Gasteiger partial charge in [-0.1, -0.05) is 78.5 Å². The minimum Gasteiger partial charge on any atom is -0.309 e. The van der Waals surface area contributed by atoms with E-state index in [0.29, 0.717) is 0 Å². The molecule has 6 rings (SSSR count). The van der Waals surface area contributed by atoms with E-state index in [9.17, 15) is 0 Å². The van der Waals surface area contributed by atoms with Gasteiger partial charge in [0.05, 0.1) is 28.4 Å². The molecule has 0 aliphatic carbocycles. The largest absolute Gasteiger partial charge is 0.309 e. The van der Waals surface area contributed by atoms with Gasteiger partial charge in [0.25, 0.3) is 0 Å². The Hall–Kier alpha value is -3.95. The summed E-state index contributed by atoms with van der Waals surface area (Å²) in [5.41, 5.74) is 13.6. The van der Waals surface area contributed by atoms with Crippen LogP contribution in [0.4, 0.5) is 34.1 Å². The second-order valence-electron chi connectivity index (χ2n) is 10.1. The summed E-state index contributed by atoms with van der Waals surface area (Å²) in [5, 5.41) is 0. The lowest BCUT2D eigenvalue weighted by atomic mass is 10.0. The summed E-state index contributed by atoms with van der Waals surface area (Å²) in [7, 11) is 0. The number of anilines is 6. The van der Waals surface area contributed by atoms with Gasteiger partial charge in [-0.3, -0.25) is 0 Å². The molecule has 0 amide bonds. The van der Waals surface area contributed by atoms with Crippen LogP contribution in [0.15, 0.2) is 113 Å². The first-order valence-electron chi connectivity index (χ1n) is 13.1. The molecular weight excluding hydrogens is 480 g/mol. The van der Waals surface area contributed by atoms with Crippen LogP contribution in [0.2, 0.25) is 0 Å². The van der Waals surface area contributed by atoms with E-state index in [0.717, 1.165) is 0 Å². The third-order valence-corrected chi connectivity index (χ3v) is 8.64. The number of nitrogens with zero attached hydrogens (tertiary/aromatic N) is 2. The highest BCUT2D eigenvalue weighted by molar-refractivity contribution is 7.99. The Labute approximate surface area is 230 Å². The van der Waals surface area contributed by atoms with Gasteiger partial charge in [0.2, 0.25) is 0 Å². The van der Waals surface area contributed by atoms with Gasteiger partial charge in [-0.05, 0) is 98.8 Å². The SMILES string of the molecule is Cc1ccccc1N(c1cccc(N2c3ccccc3Sc3cccc(C)c32)c1C)c1c(C)cccc1C. The molecule has 0 fully saturated rings. The number of para-hydroxylation sites is 4. The molecule has 0 radical (unpaired) electrons. The van der Waals surface area contributed by atoms with E-state index in [1.807, 2.05) is 11.8 Å². The van der Waals surface area contributed by atoms with Crippen molar-refractivity contribution in [2.45, 2.75) is 44.4 Å². The molecule has 0 N–H and O–H groups in total. The van der Waals surface area contributed by atoms with Gasteiger partial charge in [-0.25, -0.2) is 0 Å². The van der Waals surface area contributed by atoms with Crippen LogP contribution in [0.25, 0.3) is 0 Å². The molecular formula is C35H32N2S. The molecule has 0 bridgehead atoms. The smallest absolute Gasteiger partial charge is 0.0630 e. The Morgan fingerprint density at radius 3 is 1.84 bits per heavy atom. The normalized spacial score (nSPS) is 12.2. The molecule has 2 nitrogen and oxygen atoms in total. The van der Waals surface area contributed by atoms with Crippen LogP contribution in [0, 0.1) is 34.6 Å². The number of hydrogen-bond donors (Lipinski definition) is 0. The third kappa shape index (κ3) is 3.99. The third-order valence-electron chi connectivity index (χ3n) is 7.53. The quantitative estimate of drug-likeness (QED) is 0.232. The highest BCUT2D eigenvalue weighted by atomic mass is 32.2. The van der Waals surface area contributed by atoms with Crippen LogP contribution in [0.3, 0.4) is 0 Å². The summed E-state index contributed by atoms with van der Waals surface area (Å²) < 4.78 is 0. The number of fused-ring (bicyclic) bond motifs is 2. The van der Waals surface area contributed by atoms with Gasteiger partial charge in [0.1, 0.15) is 0 Å². The molecule has 0 saturated heterocycles.